The van der Waals surface area contributed by atoms with E-state index in [1.54, 1.807) is 0 Å². The Kier molecular flexibility index (Phi) is 7.73. The Morgan fingerprint density at radius 3 is 2.26 bits per heavy atom. The van der Waals surface area contributed by atoms with Gasteiger partial charge in [-0.05, 0) is 50.9 Å². The van der Waals surface area contributed by atoms with E-state index in [0.717, 1.165) is 17.9 Å². The molecule has 2 heteroatoms. The summed E-state index contributed by atoms with van der Waals surface area (Å²) >= 11 is 0. The number of unbranched alkanes of at least 4 members (excludes halogenated alkanes) is 3. The van der Waals surface area contributed by atoms with E-state index in [2.05, 4.69) is 50.1 Å². The topological polar surface area (TPSA) is 24.9 Å². The molecule has 0 saturated carbocycles. The molecule has 1 aromatic heterocycles. The number of nitrogens with one attached hydrogen (secondary N) is 1. The van der Waals surface area contributed by atoms with Crippen molar-refractivity contribution in [2.75, 3.05) is 6.54 Å². The predicted octanol–water partition coefficient (Wildman–Crippen LogP) is 4.71. The second-order valence-electron chi connectivity index (χ2n) is 5.54. The largest absolute Gasteiger partial charge is 0.310 e. The van der Waals surface area contributed by atoms with Gasteiger partial charge in [-0.25, -0.2) is 0 Å². The monoisotopic (exact) mass is 262 g/mol. The van der Waals surface area contributed by atoms with Crippen LogP contribution in [0.2, 0.25) is 0 Å². The van der Waals surface area contributed by atoms with E-state index >= 15 is 0 Å². The first-order valence-electron chi connectivity index (χ1n) is 7.86. The fourth-order valence-electron chi connectivity index (χ4n) is 2.55. The molecule has 108 valence electrons. The molecule has 0 fully saturated rings. The molecule has 2 nitrogen and oxygen atoms in total. The maximum Gasteiger partial charge on any atom is 0.0379 e. The van der Waals surface area contributed by atoms with Crippen molar-refractivity contribution in [2.45, 2.75) is 72.3 Å². The van der Waals surface area contributed by atoms with Crippen molar-refractivity contribution < 1.29 is 0 Å². The minimum atomic E-state index is 0.497. The van der Waals surface area contributed by atoms with E-state index < -0.39 is 0 Å². The quantitative estimate of drug-likeness (QED) is 0.652. The molecule has 0 bridgehead atoms. The summed E-state index contributed by atoms with van der Waals surface area (Å²) in [5.41, 5.74) is 3.67. The molecular formula is C17H30N2. The number of aryl methyl sites for hydroxylation is 2. The van der Waals surface area contributed by atoms with Crippen LogP contribution in [-0.2, 0) is 0 Å². The SMILES string of the molecule is CCCCCCC(NCCC)c1cc(C)nc(C)c1. The fourth-order valence-corrected chi connectivity index (χ4v) is 2.55. The molecular weight excluding hydrogens is 232 g/mol. The summed E-state index contributed by atoms with van der Waals surface area (Å²) in [5.74, 6) is 0. The van der Waals surface area contributed by atoms with Crippen LogP contribution in [0.3, 0.4) is 0 Å². The molecule has 1 rings (SSSR count). The van der Waals surface area contributed by atoms with Crippen molar-refractivity contribution in [2.24, 2.45) is 0 Å². The van der Waals surface area contributed by atoms with Crippen LogP contribution in [0.4, 0.5) is 0 Å². The van der Waals surface area contributed by atoms with Gasteiger partial charge < -0.3 is 5.32 Å². The van der Waals surface area contributed by atoms with Crippen molar-refractivity contribution in [3.05, 3.63) is 29.1 Å². The second kappa shape index (κ2) is 9.08. The smallest absolute Gasteiger partial charge is 0.0379 e. The van der Waals surface area contributed by atoms with E-state index in [1.165, 1.54) is 44.1 Å². The summed E-state index contributed by atoms with van der Waals surface area (Å²) in [7, 11) is 0. The van der Waals surface area contributed by atoms with E-state index in [4.69, 9.17) is 0 Å². The summed E-state index contributed by atoms with van der Waals surface area (Å²) in [6.45, 7) is 9.76. The van der Waals surface area contributed by atoms with Gasteiger partial charge in [0.1, 0.15) is 0 Å². The van der Waals surface area contributed by atoms with Gasteiger partial charge in [-0.15, -0.1) is 0 Å². The van der Waals surface area contributed by atoms with Crippen LogP contribution in [-0.4, -0.2) is 11.5 Å². The van der Waals surface area contributed by atoms with E-state index in [9.17, 15) is 0 Å². The number of pyridine rings is 1. The van der Waals surface area contributed by atoms with Gasteiger partial charge in [-0.3, -0.25) is 4.98 Å². The summed E-state index contributed by atoms with van der Waals surface area (Å²) < 4.78 is 0. The number of nitrogens with zero attached hydrogens (tertiary/aromatic N) is 1. The van der Waals surface area contributed by atoms with Crippen molar-refractivity contribution in [1.29, 1.82) is 0 Å². The van der Waals surface area contributed by atoms with Gasteiger partial charge in [0.05, 0.1) is 0 Å². The Hall–Kier alpha value is -0.890. The average molecular weight is 262 g/mol. The Morgan fingerprint density at radius 2 is 1.68 bits per heavy atom. The highest BCUT2D eigenvalue weighted by Crippen LogP contribution is 2.21. The molecule has 0 aliphatic heterocycles. The summed E-state index contributed by atoms with van der Waals surface area (Å²) in [5, 5.41) is 3.69. The minimum Gasteiger partial charge on any atom is -0.310 e. The molecule has 0 aliphatic carbocycles. The summed E-state index contributed by atoms with van der Waals surface area (Å²) in [4.78, 5) is 4.48. The summed E-state index contributed by atoms with van der Waals surface area (Å²) in [6, 6.07) is 4.97. The highest BCUT2D eigenvalue weighted by Gasteiger charge is 2.11. The third-order valence-corrected chi connectivity index (χ3v) is 3.49. The van der Waals surface area contributed by atoms with Gasteiger partial charge in [0, 0.05) is 17.4 Å². The van der Waals surface area contributed by atoms with Crippen LogP contribution in [0, 0.1) is 13.8 Å². The fraction of sp³-hybridized carbons (Fsp3) is 0.706. The van der Waals surface area contributed by atoms with Crippen molar-refractivity contribution in [3.8, 4) is 0 Å². The number of hydrogen-bond acceptors (Lipinski definition) is 2. The van der Waals surface area contributed by atoms with Gasteiger partial charge in [0.15, 0.2) is 0 Å². The third-order valence-electron chi connectivity index (χ3n) is 3.49. The van der Waals surface area contributed by atoms with Crippen LogP contribution in [0.25, 0.3) is 0 Å². The first kappa shape index (κ1) is 16.2. The molecule has 0 spiro atoms. The zero-order valence-electron chi connectivity index (χ0n) is 13.1. The zero-order chi connectivity index (χ0) is 14.1. The molecule has 1 heterocycles. The molecule has 1 N–H and O–H groups in total. The Labute approximate surface area is 119 Å². The molecule has 0 amide bonds. The lowest BCUT2D eigenvalue weighted by Crippen LogP contribution is -2.22. The van der Waals surface area contributed by atoms with Crippen LogP contribution < -0.4 is 5.32 Å². The first-order valence-corrected chi connectivity index (χ1v) is 7.86. The lowest BCUT2D eigenvalue weighted by Gasteiger charge is -2.20. The first-order chi connectivity index (χ1) is 9.17. The van der Waals surface area contributed by atoms with Crippen LogP contribution in [0.5, 0.6) is 0 Å². The van der Waals surface area contributed by atoms with Gasteiger partial charge in [0.25, 0.3) is 0 Å². The van der Waals surface area contributed by atoms with Crippen molar-refractivity contribution >= 4 is 0 Å². The molecule has 1 atom stereocenters. The number of aromatic nitrogens is 1. The van der Waals surface area contributed by atoms with Crippen molar-refractivity contribution in [1.82, 2.24) is 10.3 Å². The zero-order valence-corrected chi connectivity index (χ0v) is 13.1. The average Bonchev–Trinajstić information content (AvgIpc) is 2.36. The number of hydrogen-bond donors (Lipinski definition) is 1. The Morgan fingerprint density at radius 1 is 1.00 bits per heavy atom. The van der Waals surface area contributed by atoms with Gasteiger partial charge in [-0.1, -0.05) is 39.5 Å². The van der Waals surface area contributed by atoms with Gasteiger partial charge in [-0.2, -0.15) is 0 Å². The Bertz CT molecular complexity index is 340. The molecule has 0 radical (unpaired) electrons. The highest BCUT2D eigenvalue weighted by atomic mass is 14.9. The van der Waals surface area contributed by atoms with Crippen LogP contribution in [0.15, 0.2) is 12.1 Å². The maximum atomic E-state index is 4.48. The molecule has 19 heavy (non-hydrogen) atoms. The summed E-state index contributed by atoms with van der Waals surface area (Å²) in [6.07, 6.45) is 7.76. The molecule has 0 aliphatic rings. The maximum absolute atomic E-state index is 4.48. The van der Waals surface area contributed by atoms with E-state index in [-0.39, 0.29) is 0 Å². The molecule has 0 saturated heterocycles. The van der Waals surface area contributed by atoms with Crippen molar-refractivity contribution in [3.63, 3.8) is 0 Å². The number of rotatable bonds is 9. The van der Waals surface area contributed by atoms with E-state index in [1.807, 2.05) is 0 Å². The van der Waals surface area contributed by atoms with E-state index in [0.29, 0.717) is 6.04 Å². The van der Waals surface area contributed by atoms with Crippen LogP contribution in [0.1, 0.15) is 75.4 Å². The molecule has 0 aromatic carbocycles. The normalized spacial score (nSPS) is 12.6. The molecule has 1 aromatic rings. The Balaban J connectivity index is 2.65. The van der Waals surface area contributed by atoms with Crippen LogP contribution >= 0.6 is 0 Å². The lowest BCUT2D eigenvalue weighted by molar-refractivity contribution is 0.469. The molecule has 1 unspecified atom stereocenters. The third kappa shape index (κ3) is 6.20. The highest BCUT2D eigenvalue weighted by molar-refractivity contribution is 5.23. The lowest BCUT2D eigenvalue weighted by atomic mass is 9.99. The second-order valence-corrected chi connectivity index (χ2v) is 5.54. The predicted molar refractivity (Wildman–Crippen MR) is 83.5 cm³/mol. The minimum absolute atomic E-state index is 0.497. The standard InChI is InChI=1S/C17H30N2/c1-5-7-8-9-10-17(18-11-6-2)16-12-14(3)19-15(4)13-16/h12-13,17-18H,5-11H2,1-4H3. The van der Waals surface area contributed by atoms with Gasteiger partial charge >= 0.3 is 0 Å². The van der Waals surface area contributed by atoms with Gasteiger partial charge in [0.2, 0.25) is 0 Å².